The quantitative estimate of drug-likeness (QED) is 0.901. The average Bonchev–Trinajstić information content (AvgIpc) is 2.42. The summed E-state index contributed by atoms with van der Waals surface area (Å²) < 4.78 is 0. The van der Waals surface area contributed by atoms with Gasteiger partial charge in [0.2, 0.25) is 0 Å². The van der Waals surface area contributed by atoms with Crippen molar-refractivity contribution in [1.82, 2.24) is 9.80 Å². The van der Waals surface area contributed by atoms with Crippen LogP contribution in [0.25, 0.3) is 6.08 Å². The Hall–Kier alpha value is -1.16. The summed E-state index contributed by atoms with van der Waals surface area (Å²) in [6, 6.07) is 11.0. The molecule has 1 aromatic carbocycles. The van der Waals surface area contributed by atoms with Crippen molar-refractivity contribution < 1.29 is 5.11 Å². The minimum absolute atomic E-state index is 0.475. The van der Waals surface area contributed by atoms with Gasteiger partial charge in [-0.2, -0.15) is 0 Å². The second-order valence-corrected chi connectivity index (χ2v) is 5.50. The lowest BCUT2D eigenvalue weighted by molar-refractivity contribution is -0.0287. The largest absolute Gasteiger partial charge is 0.375 e. The molecule has 0 aliphatic carbocycles. The zero-order valence-electron chi connectivity index (χ0n) is 12.0. The lowest BCUT2D eigenvalue weighted by atomic mass is 10.1. The van der Waals surface area contributed by atoms with Crippen molar-refractivity contribution >= 4 is 6.08 Å². The van der Waals surface area contributed by atoms with Crippen LogP contribution in [0.1, 0.15) is 19.4 Å². The van der Waals surface area contributed by atoms with Gasteiger partial charge in [-0.1, -0.05) is 36.4 Å². The number of benzene rings is 1. The van der Waals surface area contributed by atoms with E-state index in [0.717, 1.165) is 18.7 Å². The Balaban J connectivity index is 1.97. The molecule has 19 heavy (non-hydrogen) atoms. The molecule has 0 amide bonds. The molecule has 1 aliphatic rings. The fraction of sp³-hybridized carbons (Fsp3) is 0.500. The van der Waals surface area contributed by atoms with Crippen LogP contribution < -0.4 is 0 Å². The van der Waals surface area contributed by atoms with E-state index in [1.807, 2.05) is 42.5 Å². The predicted molar refractivity (Wildman–Crippen MR) is 79.7 cm³/mol. The van der Waals surface area contributed by atoms with Gasteiger partial charge in [0, 0.05) is 25.2 Å². The number of aliphatic hydroxyl groups excluding tert-OH is 1. The minimum atomic E-state index is -0.501. The van der Waals surface area contributed by atoms with E-state index in [4.69, 9.17) is 0 Å². The van der Waals surface area contributed by atoms with Crippen LogP contribution >= 0.6 is 0 Å². The highest BCUT2D eigenvalue weighted by Gasteiger charge is 2.28. The van der Waals surface area contributed by atoms with Crippen molar-refractivity contribution in [3.05, 3.63) is 42.0 Å². The molecule has 1 aromatic rings. The Bertz CT molecular complexity index is 406. The molecule has 3 nitrogen and oxygen atoms in total. The number of rotatable bonds is 3. The van der Waals surface area contributed by atoms with Gasteiger partial charge in [0.05, 0.1) is 0 Å². The fourth-order valence-corrected chi connectivity index (χ4v) is 2.54. The first-order chi connectivity index (χ1) is 9.08. The van der Waals surface area contributed by atoms with Crippen LogP contribution in [0.3, 0.4) is 0 Å². The van der Waals surface area contributed by atoms with Gasteiger partial charge >= 0.3 is 0 Å². The monoisotopic (exact) mass is 260 g/mol. The molecule has 1 fully saturated rings. The van der Waals surface area contributed by atoms with Gasteiger partial charge in [0.1, 0.15) is 6.23 Å². The van der Waals surface area contributed by atoms with Crippen LogP contribution in [0.4, 0.5) is 0 Å². The van der Waals surface area contributed by atoms with Crippen molar-refractivity contribution in [1.29, 1.82) is 0 Å². The Labute approximate surface area is 116 Å². The molecule has 0 aromatic heterocycles. The number of aliphatic hydroxyl groups is 1. The summed E-state index contributed by atoms with van der Waals surface area (Å²) in [4.78, 5) is 4.50. The lowest BCUT2D eigenvalue weighted by Crippen LogP contribution is -2.57. The zero-order chi connectivity index (χ0) is 13.8. The molecule has 3 heteroatoms. The summed E-state index contributed by atoms with van der Waals surface area (Å²) in [5.74, 6) is 0. The van der Waals surface area contributed by atoms with E-state index in [-0.39, 0.29) is 0 Å². The summed E-state index contributed by atoms with van der Waals surface area (Å²) in [7, 11) is 2.15. The van der Waals surface area contributed by atoms with Crippen LogP contribution in [0.2, 0.25) is 0 Å². The molecular weight excluding hydrogens is 236 g/mol. The second kappa shape index (κ2) is 6.33. The third kappa shape index (κ3) is 3.66. The Morgan fingerprint density at radius 3 is 2.32 bits per heavy atom. The molecule has 3 atom stereocenters. The smallest absolute Gasteiger partial charge is 0.127 e. The first-order valence-electron chi connectivity index (χ1n) is 6.95. The molecule has 0 radical (unpaired) electrons. The molecule has 3 unspecified atom stereocenters. The van der Waals surface area contributed by atoms with Crippen molar-refractivity contribution in [3.8, 4) is 0 Å². The molecule has 1 saturated heterocycles. The van der Waals surface area contributed by atoms with E-state index in [1.165, 1.54) is 0 Å². The molecule has 1 heterocycles. The maximum atomic E-state index is 10.3. The first-order valence-corrected chi connectivity index (χ1v) is 6.95. The third-order valence-electron chi connectivity index (χ3n) is 4.02. The molecule has 0 saturated carbocycles. The van der Waals surface area contributed by atoms with Crippen LogP contribution in [0.5, 0.6) is 0 Å². The summed E-state index contributed by atoms with van der Waals surface area (Å²) in [5, 5.41) is 10.3. The standard InChI is InChI=1S/C16H24N2O/c1-13-11-18(12-14(2)17(13)3)16(19)10-9-15-7-5-4-6-8-15/h4-10,13-14,16,19H,11-12H2,1-3H3/b10-9+. The SMILES string of the molecule is CC1CN(C(O)/C=C/c2ccccc2)CC(C)N1C. The van der Waals surface area contributed by atoms with Gasteiger partial charge in [-0.15, -0.1) is 0 Å². The van der Waals surface area contributed by atoms with Crippen LogP contribution in [0.15, 0.2) is 36.4 Å². The topological polar surface area (TPSA) is 26.7 Å². The van der Waals surface area contributed by atoms with Gasteiger partial charge < -0.3 is 5.11 Å². The Morgan fingerprint density at radius 2 is 1.74 bits per heavy atom. The van der Waals surface area contributed by atoms with E-state index in [9.17, 15) is 5.11 Å². The summed E-state index contributed by atoms with van der Waals surface area (Å²) >= 11 is 0. The number of piperazine rings is 1. The number of likely N-dealkylation sites (N-methyl/N-ethyl adjacent to an activating group) is 1. The van der Waals surface area contributed by atoms with Gasteiger partial charge in [-0.3, -0.25) is 9.80 Å². The highest BCUT2D eigenvalue weighted by Crippen LogP contribution is 2.16. The van der Waals surface area contributed by atoms with Gasteiger partial charge in [-0.05, 0) is 32.5 Å². The van der Waals surface area contributed by atoms with E-state index in [1.54, 1.807) is 0 Å². The minimum Gasteiger partial charge on any atom is -0.375 e. The molecule has 2 rings (SSSR count). The zero-order valence-corrected chi connectivity index (χ0v) is 12.0. The highest BCUT2D eigenvalue weighted by molar-refractivity contribution is 5.49. The van der Waals surface area contributed by atoms with Gasteiger partial charge in [0.15, 0.2) is 0 Å². The fourth-order valence-electron chi connectivity index (χ4n) is 2.54. The summed E-state index contributed by atoms with van der Waals surface area (Å²) in [5.41, 5.74) is 1.12. The lowest BCUT2D eigenvalue weighted by Gasteiger charge is -2.43. The van der Waals surface area contributed by atoms with Crippen molar-refractivity contribution in [2.24, 2.45) is 0 Å². The molecule has 0 spiro atoms. The first kappa shape index (κ1) is 14.3. The molecule has 1 N–H and O–H groups in total. The molecule has 1 aliphatic heterocycles. The van der Waals surface area contributed by atoms with E-state index < -0.39 is 6.23 Å². The molecule has 104 valence electrons. The number of nitrogens with zero attached hydrogens (tertiary/aromatic N) is 2. The molecular formula is C16H24N2O. The van der Waals surface area contributed by atoms with Crippen LogP contribution in [-0.2, 0) is 0 Å². The summed E-state index contributed by atoms with van der Waals surface area (Å²) in [6.07, 6.45) is 3.36. The highest BCUT2D eigenvalue weighted by atomic mass is 16.3. The third-order valence-corrected chi connectivity index (χ3v) is 4.02. The Morgan fingerprint density at radius 1 is 1.16 bits per heavy atom. The average molecular weight is 260 g/mol. The van der Waals surface area contributed by atoms with E-state index in [0.29, 0.717) is 12.1 Å². The maximum Gasteiger partial charge on any atom is 0.127 e. The van der Waals surface area contributed by atoms with E-state index in [2.05, 4.69) is 30.7 Å². The maximum absolute atomic E-state index is 10.3. The van der Waals surface area contributed by atoms with E-state index >= 15 is 0 Å². The van der Waals surface area contributed by atoms with Gasteiger partial charge in [-0.25, -0.2) is 0 Å². The Kier molecular flexibility index (Phi) is 4.75. The van der Waals surface area contributed by atoms with Crippen molar-refractivity contribution in [3.63, 3.8) is 0 Å². The van der Waals surface area contributed by atoms with Crippen molar-refractivity contribution in [2.75, 3.05) is 20.1 Å². The second-order valence-electron chi connectivity index (χ2n) is 5.50. The number of hydrogen-bond acceptors (Lipinski definition) is 3. The number of hydrogen-bond donors (Lipinski definition) is 1. The summed E-state index contributed by atoms with van der Waals surface area (Å²) in [6.45, 7) is 6.22. The predicted octanol–water partition coefficient (Wildman–Crippen LogP) is 2.04. The van der Waals surface area contributed by atoms with Crippen LogP contribution in [0, 0.1) is 0 Å². The van der Waals surface area contributed by atoms with Crippen LogP contribution in [-0.4, -0.2) is 53.4 Å². The molecule has 0 bridgehead atoms. The normalized spacial score (nSPS) is 27.8. The van der Waals surface area contributed by atoms with Gasteiger partial charge in [0.25, 0.3) is 0 Å². The van der Waals surface area contributed by atoms with Crippen molar-refractivity contribution in [2.45, 2.75) is 32.2 Å².